The molecule has 0 radical (unpaired) electrons. The highest BCUT2D eigenvalue weighted by Gasteiger charge is 2.10. The Morgan fingerprint density at radius 2 is 2.24 bits per heavy atom. The minimum atomic E-state index is -0.276. The summed E-state index contributed by atoms with van der Waals surface area (Å²) in [6, 6.07) is 0. The predicted octanol–water partition coefficient (Wildman–Crippen LogP) is 1.83. The quantitative estimate of drug-likeness (QED) is 0.628. The van der Waals surface area contributed by atoms with Crippen molar-refractivity contribution >= 4 is 11.7 Å². The molecule has 0 aromatic carbocycles. The molecule has 1 heterocycles. The van der Waals surface area contributed by atoms with Crippen molar-refractivity contribution in [1.29, 1.82) is 0 Å². The lowest BCUT2D eigenvalue weighted by atomic mass is 9.91. The summed E-state index contributed by atoms with van der Waals surface area (Å²) in [4.78, 5) is 11.4. The Balaban J connectivity index is 2.18. The number of esters is 1. The van der Waals surface area contributed by atoms with E-state index >= 15 is 0 Å². The Hall–Kier alpha value is -1.52. The lowest BCUT2D eigenvalue weighted by molar-refractivity contribution is -0.144. The Morgan fingerprint density at radius 1 is 1.53 bits per heavy atom. The standard InChI is InChI=1S/C12H21N3O2/c1-12(2,3)5-4-6-17-11(16)9-15-8-10(13)7-14-15/h7-8H,4-6,9,13H2,1-3H3. The first-order valence-corrected chi connectivity index (χ1v) is 5.80. The molecule has 0 saturated carbocycles. The van der Waals surface area contributed by atoms with Crippen molar-refractivity contribution in [3.05, 3.63) is 12.4 Å². The van der Waals surface area contributed by atoms with Gasteiger partial charge in [-0.1, -0.05) is 20.8 Å². The third-order valence-electron chi connectivity index (χ3n) is 2.28. The largest absolute Gasteiger partial charge is 0.464 e. The van der Waals surface area contributed by atoms with E-state index in [0.29, 0.717) is 12.3 Å². The molecular formula is C12H21N3O2. The number of nitrogen functional groups attached to an aromatic ring is 1. The van der Waals surface area contributed by atoms with Crippen molar-refractivity contribution in [2.75, 3.05) is 12.3 Å². The Labute approximate surface area is 102 Å². The molecule has 0 aliphatic carbocycles. The van der Waals surface area contributed by atoms with Gasteiger partial charge in [0, 0.05) is 6.20 Å². The normalized spacial score (nSPS) is 11.5. The van der Waals surface area contributed by atoms with Gasteiger partial charge < -0.3 is 10.5 Å². The monoisotopic (exact) mass is 239 g/mol. The highest BCUT2D eigenvalue weighted by molar-refractivity contribution is 5.69. The number of carbonyl (C=O) groups excluding carboxylic acids is 1. The molecule has 5 heteroatoms. The summed E-state index contributed by atoms with van der Waals surface area (Å²) in [5, 5.41) is 3.91. The van der Waals surface area contributed by atoms with Crippen LogP contribution in [0.1, 0.15) is 33.6 Å². The van der Waals surface area contributed by atoms with Gasteiger partial charge in [0.1, 0.15) is 6.54 Å². The lowest BCUT2D eigenvalue weighted by Crippen LogP contribution is -2.15. The van der Waals surface area contributed by atoms with Gasteiger partial charge in [-0.15, -0.1) is 0 Å². The Kier molecular flexibility index (Phi) is 4.54. The average Bonchev–Trinajstić information content (AvgIpc) is 2.57. The molecule has 0 aliphatic rings. The van der Waals surface area contributed by atoms with Gasteiger partial charge in [0.15, 0.2) is 0 Å². The van der Waals surface area contributed by atoms with Gasteiger partial charge in [-0.25, -0.2) is 0 Å². The number of rotatable bonds is 5. The summed E-state index contributed by atoms with van der Waals surface area (Å²) in [7, 11) is 0. The van der Waals surface area contributed by atoms with E-state index in [-0.39, 0.29) is 17.9 Å². The molecule has 17 heavy (non-hydrogen) atoms. The fraction of sp³-hybridized carbons (Fsp3) is 0.667. The van der Waals surface area contributed by atoms with E-state index in [1.165, 1.54) is 10.9 Å². The molecule has 0 spiro atoms. The highest BCUT2D eigenvalue weighted by Crippen LogP contribution is 2.20. The van der Waals surface area contributed by atoms with E-state index in [1.807, 2.05) is 0 Å². The van der Waals surface area contributed by atoms with Crippen molar-refractivity contribution in [1.82, 2.24) is 9.78 Å². The fourth-order valence-electron chi connectivity index (χ4n) is 1.43. The first-order chi connectivity index (χ1) is 7.87. The molecule has 5 nitrogen and oxygen atoms in total. The molecule has 2 N–H and O–H groups in total. The zero-order chi connectivity index (χ0) is 12.9. The van der Waals surface area contributed by atoms with Crippen LogP contribution < -0.4 is 5.73 Å². The molecule has 96 valence electrons. The topological polar surface area (TPSA) is 70.1 Å². The summed E-state index contributed by atoms with van der Waals surface area (Å²) < 4.78 is 6.58. The van der Waals surface area contributed by atoms with E-state index in [4.69, 9.17) is 10.5 Å². The predicted molar refractivity (Wildman–Crippen MR) is 66.3 cm³/mol. The van der Waals surface area contributed by atoms with Gasteiger partial charge in [-0.2, -0.15) is 5.10 Å². The first-order valence-electron chi connectivity index (χ1n) is 5.80. The second-order valence-corrected chi connectivity index (χ2v) is 5.36. The van der Waals surface area contributed by atoms with E-state index in [0.717, 1.165) is 12.8 Å². The minimum absolute atomic E-state index is 0.118. The molecule has 0 saturated heterocycles. The zero-order valence-corrected chi connectivity index (χ0v) is 10.8. The van der Waals surface area contributed by atoms with E-state index in [2.05, 4.69) is 25.9 Å². The van der Waals surface area contributed by atoms with Crippen molar-refractivity contribution in [3.8, 4) is 0 Å². The summed E-state index contributed by atoms with van der Waals surface area (Å²) >= 11 is 0. The van der Waals surface area contributed by atoms with E-state index in [9.17, 15) is 4.79 Å². The number of ether oxygens (including phenoxy) is 1. The van der Waals surface area contributed by atoms with Crippen LogP contribution in [0.15, 0.2) is 12.4 Å². The van der Waals surface area contributed by atoms with Crippen LogP contribution in [0.25, 0.3) is 0 Å². The summed E-state index contributed by atoms with van der Waals surface area (Å²) in [5.41, 5.74) is 6.32. The van der Waals surface area contributed by atoms with E-state index in [1.54, 1.807) is 6.20 Å². The highest BCUT2D eigenvalue weighted by atomic mass is 16.5. The number of nitrogens with two attached hydrogens (primary N) is 1. The summed E-state index contributed by atoms with van der Waals surface area (Å²) in [6.07, 6.45) is 5.04. The molecule has 0 aliphatic heterocycles. The van der Waals surface area contributed by atoms with Gasteiger partial charge in [-0.05, 0) is 18.3 Å². The second-order valence-electron chi connectivity index (χ2n) is 5.36. The van der Waals surface area contributed by atoms with Crippen LogP contribution in [0, 0.1) is 5.41 Å². The second kappa shape index (κ2) is 5.70. The number of nitrogens with zero attached hydrogens (tertiary/aromatic N) is 2. The van der Waals surface area contributed by atoms with Gasteiger partial charge in [0.2, 0.25) is 0 Å². The maximum Gasteiger partial charge on any atom is 0.327 e. The van der Waals surface area contributed by atoms with Gasteiger partial charge in [0.25, 0.3) is 0 Å². The Bertz CT molecular complexity index is 366. The smallest absolute Gasteiger partial charge is 0.327 e. The molecular weight excluding hydrogens is 218 g/mol. The van der Waals surface area contributed by atoms with Crippen molar-refractivity contribution < 1.29 is 9.53 Å². The number of aromatic nitrogens is 2. The summed E-state index contributed by atoms with van der Waals surface area (Å²) in [5.74, 6) is -0.276. The van der Waals surface area contributed by atoms with Crippen molar-refractivity contribution in [3.63, 3.8) is 0 Å². The van der Waals surface area contributed by atoms with Crippen molar-refractivity contribution in [2.45, 2.75) is 40.2 Å². The molecule has 0 atom stereocenters. The van der Waals surface area contributed by atoms with Gasteiger partial charge >= 0.3 is 5.97 Å². The SMILES string of the molecule is CC(C)(C)CCCOC(=O)Cn1cc(N)cn1. The number of carbonyl (C=O) groups is 1. The maximum atomic E-state index is 11.4. The van der Waals surface area contributed by atoms with Crippen LogP contribution in [0.3, 0.4) is 0 Å². The minimum Gasteiger partial charge on any atom is -0.464 e. The van der Waals surface area contributed by atoms with Crippen LogP contribution in [-0.2, 0) is 16.1 Å². The summed E-state index contributed by atoms with van der Waals surface area (Å²) in [6.45, 7) is 7.09. The zero-order valence-electron chi connectivity index (χ0n) is 10.8. The molecule has 1 rings (SSSR count). The molecule has 0 unspecified atom stereocenters. The molecule has 0 fully saturated rings. The number of anilines is 1. The molecule has 0 bridgehead atoms. The van der Waals surface area contributed by atoms with Crippen molar-refractivity contribution in [2.24, 2.45) is 5.41 Å². The lowest BCUT2D eigenvalue weighted by Gasteiger charge is -2.17. The van der Waals surface area contributed by atoms with Crippen LogP contribution in [0.4, 0.5) is 5.69 Å². The third-order valence-corrected chi connectivity index (χ3v) is 2.28. The van der Waals surface area contributed by atoms with Crippen LogP contribution in [-0.4, -0.2) is 22.4 Å². The van der Waals surface area contributed by atoms with E-state index < -0.39 is 0 Å². The van der Waals surface area contributed by atoms with Crippen LogP contribution in [0.5, 0.6) is 0 Å². The number of hydrogen-bond donors (Lipinski definition) is 1. The third kappa shape index (κ3) is 5.94. The Morgan fingerprint density at radius 3 is 2.76 bits per heavy atom. The first kappa shape index (κ1) is 13.5. The fourth-order valence-corrected chi connectivity index (χ4v) is 1.43. The van der Waals surface area contributed by atoms with Gasteiger partial charge in [0.05, 0.1) is 18.5 Å². The molecule has 0 amide bonds. The number of hydrogen-bond acceptors (Lipinski definition) is 4. The van der Waals surface area contributed by atoms with Gasteiger partial charge in [-0.3, -0.25) is 9.48 Å². The maximum absolute atomic E-state index is 11.4. The van der Waals surface area contributed by atoms with Crippen LogP contribution >= 0.6 is 0 Å². The average molecular weight is 239 g/mol. The molecule has 1 aromatic rings. The van der Waals surface area contributed by atoms with Crippen LogP contribution in [0.2, 0.25) is 0 Å². The molecule has 1 aromatic heterocycles.